The van der Waals surface area contributed by atoms with Crippen LogP contribution in [0.2, 0.25) is 0 Å². The standard InChI is InChI=1S/C17H27.Na.H3O4P/c1-12(2)13-10-9-11-14(16(3,4)5)15(13)17(6,7)8;;1-5(2,3)4/h9-10,12H,1-8H3;;(H3,1,2,3,4). The summed E-state index contributed by atoms with van der Waals surface area (Å²) in [5, 5.41) is 0. The first kappa shape index (κ1) is 23.3. The molecule has 0 atom stereocenters. The van der Waals surface area contributed by atoms with E-state index in [9.17, 15) is 0 Å². The van der Waals surface area contributed by atoms with E-state index in [1.54, 1.807) is 13.9 Å². The third-order valence-electron chi connectivity index (χ3n) is 3.57. The molecule has 3 N–H and O–H groups in total. The molecule has 0 aliphatic carbocycles. The molecule has 4 nitrogen and oxygen atoms in total. The Morgan fingerprint density at radius 2 is 1.26 bits per heavy atom. The summed E-state index contributed by atoms with van der Waals surface area (Å²) in [7, 11) is -4.64. The summed E-state index contributed by atoms with van der Waals surface area (Å²) in [4.78, 5) is 21.6. The Bertz CT molecular complexity index is 569. The zero-order valence-corrected chi connectivity index (χ0v) is 18.8. The second-order valence-electron chi connectivity index (χ2n) is 8.39. The van der Waals surface area contributed by atoms with Crippen molar-refractivity contribution in [1.82, 2.24) is 0 Å². The van der Waals surface area contributed by atoms with Crippen LogP contribution < -0.4 is 2.81 Å². The monoisotopic (exact) mass is 352 g/mol. The third-order valence-corrected chi connectivity index (χ3v) is 4.40. The number of phosphoric acid groups is 1. The van der Waals surface area contributed by atoms with E-state index < -0.39 is 7.82 Å². The van der Waals surface area contributed by atoms with Crippen molar-refractivity contribution in [2.24, 2.45) is 0 Å². The minimum Gasteiger partial charge on any atom is -0.303 e. The van der Waals surface area contributed by atoms with E-state index in [4.69, 9.17) is 19.2 Å². The predicted molar refractivity (Wildman–Crippen MR) is 97.6 cm³/mol. The van der Waals surface area contributed by atoms with Gasteiger partial charge < -0.3 is 14.7 Å². The van der Waals surface area contributed by atoms with Crippen molar-refractivity contribution in [3.05, 3.63) is 28.8 Å². The maximum Gasteiger partial charge on any atom is 0.466 e. The van der Waals surface area contributed by atoms with E-state index in [0.717, 1.165) is 27.9 Å². The number of rotatable bonds is 1. The van der Waals surface area contributed by atoms with Crippen LogP contribution in [0, 0.1) is 0 Å². The molecule has 128 valence electrons. The van der Waals surface area contributed by atoms with E-state index in [1.807, 2.05) is 0 Å². The normalized spacial score (nSPS) is 13.0. The van der Waals surface area contributed by atoms with Gasteiger partial charge in [0.2, 0.25) is 0 Å². The molecular formula is C17H30NaO4P. The van der Waals surface area contributed by atoms with Crippen LogP contribution in [0.15, 0.2) is 12.1 Å². The zero-order valence-electron chi connectivity index (χ0n) is 15.9. The van der Waals surface area contributed by atoms with Gasteiger partial charge in [-0.3, -0.25) is 0 Å². The van der Waals surface area contributed by atoms with Crippen molar-refractivity contribution in [2.45, 2.75) is 72.1 Å². The summed E-state index contributed by atoms with van der Waals surface area (Å²) in [6, 6.07) is 4.72. The van der Waals surface area contributed by atoms with E-state index in [-0.39, 0.29) is 10.8 Å². The van der Waals surface area contributed by atoms with Gasteiger partial charge in [0.1, 0.15) is 0 Å². The van der Waals surface area contributed by atoms with Crippen molar-refractivity contribution >= 4 is 38.6 Å². The molecule has 1 rings (SSSR count). The molecule has 1 aromatic rings. The SMILES string of the molecule is CC(C)c1cc[c]([Na])c(C(C)(C)C)c1C(C)(C)C.O=P(O)(O)O. The van der Waals surface area contributed by atoms with E-state index >= 15 is 0 Å². The molecule has 0 aliphatic heterocycles. The zero-order chi connectivity index (χ0) is 18.8. The summed E-state index contributed by atoms with van der Waals surface area (Å²) in [6.07, 6.45) is 0. The van der Waals surface area contributed by atoms with Crippen LogP contribution in [0.4, 0.5) is 0 Å². The molecule has 0 heterocycles. The quantitative estimate of drug-likeness (QED) is 0.535. The van der Waals surface area contributed by atoms with Gasteiger partial charge in [0.15, 0.2) is 0 Å². The fourth-order valence-electron chi connectivity index (χ4n) is 2.98. The van der Waals surface area contributed by atoms with Crippen molar-refractivity contribution in [3.8, 4) is 0 Å². The average molecular weight is 352 g/mol. The van der Waals surface area contributed by atoms with Gasteiger partial charge in [-0.2, -0.15) is 0 Å². The summed E-state index contributed by atoms with van der Waals surface area (Å²) in [5.74, 6) is 0.600. The topological polar surface area (TPSA) is 77.8 Å². The Hall–Kier alpha value is 0.330. The Balaban J connectivity index is 0.000000841. The Kier molecular flexibility index (Phi) is 8.26. The summed E-state index contributed by atoms with van der Waals surface area (Å²) >= 11 is 1.13. The van der Waals surface area contributed by atoms with Gasteiger partial charge in [-0.05, 0) is 0 Å². The van der Waals surface area contributed by atoms with Gasteiger partial charge in [0.05, 0.1) is 0 Å². The summed E-state index contributed by atoms with van der Waals surface area (Å²) < 4.78 is 10.4. The van der Waals surface area contributed by atoms with E-state index in [0.29, 0.717) is 5.92 Å². The smallest absolute Gasteiger partial charge is 0.303 e. The van der Waals surface area contributed by atoms with Crippen LogP contribution in [-0.2, 0) is 15.4 Å². The van der Waals surface area contributed by atoms with Crippen LogP contribution in [0.3, 0.4) is 0 Å². The molecule has 0 unspecified atom stereocenters. The molecule has 0 spiro atoms. The van der Waals surface area contributed by atoms with Crippen LogP contribution in [0.1, 0.15) is 78.0 Å². The fourth-order valence-corrected chi connectivity index (χ4v) is 4.15. The summed E-state index contributed by atoms with van der Waals surface area (Å²) in [5.41, 5.74) is 5.20. The molecular weight excluding hydrogens is 322 g/mol. The Labute approximate surface area is 158 Å². The molecule has 0 aliphatic rings. The molecule has 1 aromatic carbocycles. The Morgan fingerprint density at radius 3 is 1.52 bits per heavy atom. The maximum absolute atomic E-state index is 8.88. The largest absolute Gasteiger partial charge is 0.466 e. The Morgan fingerprint density at radius 1 is 0.913 bits per heavy atom. The van der Waals surface area contributed by atoms with Crippen LogP contribution in [-0.4, -0.2) is 42.6 Å². The third kappa shape index (κ3) is 8.31. The average Bonchev–Trinajstić information content (AvgIpc) is 2.22. The van der Waals surface area contributed by atoms with Gasteiger partial charge in [-0.1, -0.05) is 0 Å². The first-order valence-electron chi connectivity index (χ1n) is 7.89. The van der Waals surface area contributed by atoms with Crippen LogP contribution in [0.5, 0.6) is 0 Å². The fraction of sp³-hybridized carbons (Fsp3) is 0.647. The molecule has 0 saturated heterocycles. The van der Waals surface area contributed by atoms with Gasteiger partial charge >= 0.3 is 140 Å². The molecule has 0 radical (unpaired) electrons. The molecule has 23 heavy (non-hydrogen) atoms. The second kappa shape index (κ2) is 8.14. The molecule has 6 heteroatoms. The minimum atomic E-state index is -4.64. The first-order chi connectivity index (χ1) is 9.96. The second-order valence-corrected chi connectivity index (χ2v) is 10.5. The van der Waals surface area contributed by atoms with Crippen LogP contribution >= 0.6 is 7.82 Å². The number of hydrogen-bond donors (Lipinski definition) is 3. The van der Waals surface area contributed by atoms with E-state index in [1.165, 1.54) is 5.56 Å². The summed E-state index contributed by atoms with van der Waals surface area (Å²) in [6.45, 7) is 18.7. The number of benzene rings is 1. The van der Waals surface area contributed by atoms with Crippen molar-refractivity contribution in [2.75, 3.05) is 0 Å². The molecule has 0 bridgehead atoms. The van der Waals surface area contributed by atoms with Crippen molar-refractivity contribution in [3.63, 3.8) is 0 Å². The molecule has 0 saturated carbocycles. The van der Waals surface area contributed by atoms with Crippen molar-refractivity contribution < 1.29 is 19.2 Å². The maximum atomic E-state index is 8.88. The van der Waals surface area contributed by atoms with Gasteiger partial charge in [-0.15, -0.1) is 0 Å². The first-order valence-corrected chi connectivity index (χ1v) is 10.5. The van der Waals surface area contributed by atoms with Gasteiger partial charge in [0, 0.05) is 0 Å². The van der Waals surface area contributed by atoms with Crippen molar-refractivity contribution in [1.29, 1.82) is 0 Å². The molecule has 0 fully saturated rings. The molecule has 0 amide bonds. The minimum absolute atomic E-state index is 0.225. The number of hydrogen-bond acceptors (Lipinski definition) is 1. The van der Waals surface area contributed by atoms with E-state index in [2.05, 4.69) is 67.5 Å². The molecule has 0 aromatic heterocycles. The van der Waals surface area contributed by atoms with Crippen LogP contribution in [0.25, 0.3) is 0 Å². The van der Waals surface area contributed by atoms with Gasteiger partial charge in [0.25, 0.3) is 0 Å². The van der Waals surface area contributed by atoms with Gasteiger partial charge in [-0.25, -0.2) is 4.57 Å². The predicted octanol–water partition coefficient (Wildman–Crippen LogP) is 3.27.